The van der Waals surface area contributed by atoms with Crippen LogP contribution in [0.25, 0.3) is 0 Å². The molecule has 0 radical (unpaired) electrons. The Morgan fingerprint density at radius 1 is 1.24 bits per heavy atom. The first-order chi connectivity index (χ1) is 14.2. The predicted octanol–water partition coefficient (Wildman–Crippen LogP) is 1.81. The molecule has 8 heteroatoms. The monoisotopic (exact) mass is 393 g/mol. The Kier molecular flexibility index (Phi) is 5.90. The minimum Gasteiger partial charge on any atom is -0.370 e. The van der Waals surface area contributed by atoms with Crippen LogP contribution in [0.1, 0.15) is 22.8 Å². The third-order valence-electron chi connectivity index (χ3n) is 5.12. The van der Waals surface area contributed by atoms with Crippen LogP contribution in [0.15, 0.2) is 60.1 Å². The van der Waals surface area contributed by atoms with E-state index in [1.165, 1.54) is 11.1 Å². The molecule has 29 heavy (non-hydrogen) atoms. The number of ether oxygens (including phenoxy) is 1. The van der Waals surface area contributed by atoms with Gasteiger partial charge in [-0.05, 0) is 17.2 Å². The van der Waals surface area contributed by atoms with E-state index in [0.717, 1.165) is 31.2 Å². The smallest absolute Gasteiger partial charge is 0.194 e. The van der Waals surface area contributed by atoms with Gasteiger partial charge in [0.2, 0.25) is 0 Å². The maximum Gasteiger partial charge on any atom is 0.194 e. The van der Waals surface area contributed by atoms with Gasteiger partial charge in [-0.15, -0.1) is 0 Å². The number of morpholine rings is 1. The highest BCUT2D eigenvalue weighted by Crippen LogP contribution is 2.21. The van der Waals surface area contributed by atoms with Crippen molar-refractivity contribution < 1.29 is 4.74 Å². The van der Waals surface area contributed by atoms with Crippen molar-refractivity contribution in [1.29, 1.82) is 0 Å². The Bertz CT molecular complexity index is 948. The predicted molar refractivity (Wildman–Crippen MR) is 111 cm³/mol. The van der Waals surface area contributed by atoms with Crippen molar-refractivity contribution in [2.75, 3.05) is 26.7 Å². The summed E-state index contributed by atoms with van der Waals surface area (Å²) >= 11 is 0. The summed E-state index contributed by atoms with van der Waals surface area (Å²) in [6.07, 6.45) is 7.67. The Labute approximate surface area is 170 Å². The number of aliphatic imine (C=N–C) groups is 1. The van der Waals surface area contributed by atoms with Crippen LogP contribution >= 0.6 is 0 Å². The highest BCUT2D eigenvalue weighted by Gasteiger charge is 2.25. The lowest BCUT2D eigenvalue weighted by Gasteiger charge is -2.34. The number of nitrogens with zero attached hydrogens (tertiary/aromatic N) is 6. The van der Waals surface area contributed by atoms with Crippen molar-refractivity contribution >= 4 is 5.96 Å². The summed E-state index contributed by atoms with van der Waals surface area (Å²) in [5, 5.41) is 12.1. The lowest BCUT2D eigenvalue weighted by molar-refractivity contribution is -0.00805. The fourth-order valence-electron chi connectivity index (χ4n) is 3.61. The molecule has 0 spiro atoms. The van der Waals surface area contributed by atoms with E-state index < -0.39 is 0 Å². The number of hydrogen-bond acceptors (Lipinski definition) is 4. The first-order valence-electron chi connectivity index (χ1n) is 9.83. The van der Waals surface area contributed by atoms with Crippen molar-refractivity contribution in [3.8, 4) is 0 Å². The van der Waals surface area contributed by atoms with Crippen LogP contribution in [0, 0.1) is 0 Å². The van der Waals surface area contributed by atoms with Gasteiger partial charge in [-0.25, -0.2) is 0 Å². The van der Waals surface area contributed by atoms with Crippen molar-refractivity contribution in [3.05, 3.63) is 71.8 Å². The molecule has 2 aromatic heterocycles. The maximum absolute atomic E-state index is 5.96. The van der Waals surface area contributed by atoms with E-state index in [0.29, 0.717) is 13.2 Å². The van der Waals surface area contributed by atoms with E-state index >= 15 is 0 Å². The molecule has 0 aliphatic carbocycles. The van der Waals surface area contributed by atoms with Crippen LogP contribution in [0.3, 0.4) is 0 Å². The van der Waals surface area contributed by atoms with Crippen molar-refractivity contribution in [3.63, 3.8) is 0 Å². The SMILES string of the molecule is CN=C(NCc1ccccc1Cn1cccn1)N1CCOC(c2cnn(C)c2)C1. The average Bonchev–Trinajstić information content (AvgIpc) is 3.42. The van der Waals surface area contributed by atoms with E-state index in [4.69, 9.17) is 4.74 Å². The highest BCUT2D eigenvalue weighted by molar-refractivity contribution is 5.80. The molecule has 8 nitrogen and oxygen atoms in total. The van der Waals surface area contributed by atoms with Crippen LogP contribution in [0.4, 0.5) is 0 Å². The molecule has 0 amide bonds. The molecule has 1 fully saturated rings. The summed E-state index contributed by atoms with van der Waals surface area (Å²) in [6, 6.07) is 10.4. The maximum atomic E-state index is 5.96. The molecule has 1 unspecified atom stereocenters. The Morgan fingerprint density at radius 3 is 2.83 bits per heavy atom. The zero-order valence-corrected chi connectivity index (χ0v) is 16.9. The minimum atomic E-state index is 0.00287. The first kappa shape index (κ1) is 19.2. The van der Waals surface area contributed by atoms with Gasteiger partial charge in [-0.1, -0.05) is 24.3 Å². The summed E-state index contributed by atoms with van der Waals surface area (Å²) in [5.41, 5.74) is 3.58. The van der Waals surface area contributed by atoms with Gasteiger partial charge in [0, 0.05) is 51.3 Å². The highest BCUT2D eigenvalue weighted by atomic mass is 16.5. The van der Waals surface area contributed by atoms with Gasteiger partial charge in [-0.3, -0.25) is 14.4 Å². The van der Waals surface area contributed by atoms with Crippen LogP contribution in [-0.4, -0.2) is 57.2 Å². The Balaban J connectivity index is 1.41. The number of aryl methyl sites for hydroxylation is 1. The van der Waals surface area contributed by atoms with Crippen molar-refractivity contribution in [1.82, 2.24) is 29.8 Å². The fraction of sp³-hybridized carbons (Fsp3) is 0.381. The molecule has 1 aromatic carbocycles. The molecule has 1 atom stereocenters. The van der Waals surface area contributed by atoms with Crippen molar-refractivity contribution in [2.24, 2.45) is 12.0 Å². The van der Waals surface area contributed by atoms with Gasteiger partial charge < -0.3 is 15.0 Å². The third-order valence-corrected chi connectivity index (χ3v) is 5.12. The van der Waals surface area contributed by atoms with E-state index in [2.05, 4.69) is 49.7 Å². The number of benzene rings is 1. The average molecular weight is 393 g/mol. The normalized spacial score (nSPS) is 17.5. The van der Waals surface area contributed by atoms with Gasteiger partial charge in [0.15, 0.2) is 5.96 Å². The van der Waals surface area contributed by atoms with E-state index in [1.54, 1.807) is 10.9 Å². The second-order valence-electron chi connectivity index (χ2n) is 7.13. The first-order valence-corrected chi connectivity index (χ1v) is 9.83. The number of rotatable bonds is 5. The van der Waals surface area contributed by atoms with Crippen LogP contribution in [0.5, 0.6) is 0 Å². The second kappa shape index (κ2) is 8.91. The number of guanidine groups is 1. The molecule has 3 heterocycles. The Morgan fingerprint density at radius 2 is 2.10 bits per heavy atom. The van der Waals surface area contributed by atoms with Gasteiger partial charge in [-0.2, -0.15) is 10.2 Å². The third kappa shape index (κ3) is 4.65. The molecule has 0 saturated carbocycles. The topological polar surface area (TPSA) is 72.5 Å². The van der Waals surface area contributed by atoms with Gasteiger partial charge in [0.1, 0.15) is 6.10 Å². The summed E-state index contributed by atoms with van der Waals surface area (Å²) in [6.45, 7) is 3.69. The molecular weight excluding hydrogens is 366 g/mol. The van der Waals surface area contributed by atoms with Gasteiger partial charge in [0.05, 0.1) is 25.9 Å². The Hall–Kier alpha value is -3.13. The molecule has 1 aliphatic rings. The summed E-state index contributed by atoms with van der Waals surface area (Å²) in [4.78, 5) is 6.75. The molecular formula is C21H27N7O. The van der Waals surface area contributed by atoms with Crippen LogP contribution < -0.4 is 5.32 Å². The zero-order chi connectivity index (χ0) is 20.1. The van der Waals surface area contributed by atoms with E-state index in [9.17, 15) is 0 Å². The molecule has 4 rings (SSSR count). The largest absolute Gasteiger partial charge is 0.370 e. The summed E-state index contributed by atoms with van der Waals surface area (Å²) in [5.74, 6) is 0.885. The van der Waals surface area contributed by atoms with E-state index in [-0.39, 0.29) is 6.10 Å². The summed E-state index contributed by atoms with van der Waals surface area (Å²) in [7, 11) is 3.75. The van der Waals surface area contributed by atoms with E-state index in [1.807, 2.05) is 43.4 Å². The number of hydrogen-bond donors (Lipinski definition) is 1. The molecule has 1 aliphatic heterocycles. The molecule has 3 aromatic rings. The standard InChI is InChI=1S/C21H27N7O/c1-22-21(27-10-11-29-20(16-27)19-13-25-26(2)14-19)23-12-17-6-3-4-7-18(17)15-28-9-5-8-24-28/h3-9,13-14,20H,10-12,15-16H2,1-2H3,(H,22,23). The lowest BCUT2D eigenvalue weighted by Crippen LogP contribution is -2.48. The quantitative estimate of drug-likeness (QED) is 0.529. The van der Waals surface area contributed by atoms with Crippen LogP contribution in [0.2, 0.25) is 0 Å². The molecule has 1 saturated heterocycles. The fourth-order valence-corrected chi connectivity index (χ4v) is 3.61. The number of nitrogens with one attached hydrogen (secondary N) is 1. The minimum absolute atomic E-state index is 0.00287. The van der Waals surface area contributed by atoms with Gasteiger partial charge in [0.25, 0.3) is 0 Å². The molecule has 0 bridgehead atoms. The second-order valence-corrected chi connectivity index (χ2v) is 7.13. The molecule has 1 N–H and O–H groups in total. The summed E-state index contributed by atoms with van der Waals surface area (Å²) < 4.78 is 9.70. The molecule has 152 valence electrons. The zero-order valence-electron chi connectivity index (χ0n) is 16.9. The lowest BCUT2D eigenvalue weighted by atomic mass is 10.1. The number of aromatic nitrogens is 4. The van der Waals surface area contributed by atoms with Gasteiger partial charge >= 0.3 is 0 Å². The van der Waals surface area contributed by atoms with Crippen LogP contribution in [-0.2, 0) is 24.9 Å². The van der Waals surface area contributed by atoms with Crippen molar-refractivity contribution in [2.45, 2.75) is 19.2 Å².